The Balaban J connectivity index is 1.62. The summed E-state index contributed by atoms with van der Waals surface area (Å²) in [6, 6.07) is 16.5. The van der Waals surface area contributed by atoms with Crippen LogP contribution in [0.5, 0.6) is 5.75 Å². The summed E-state index contributed by atoms with van der Waals surface area (Å²) >= 11 is 0. The molecule has 5 heteroatoms. The highest BCUT2D eigenvalue weighted by atomic mass is 16.5. The smallest absolute Gasteiger partial charge is 0.131 e. The van der Waals surface area contributed by atoms with Crippen molar-refractivity contribution in [1.82, 2.24) is 4.98 Å². The fraction of sp³-hybridized carbons (Fsp3) is 0.400. The quantitative estimate of drug-likeness (QED) is 0.533. The Morgan fingerprint density at radius 1 is 1.07 bits per heavy atom. The van der Waals surface area contributed by atoms with Gasteiger partial charge in [-0.25, -0.2) is 4.98 Å². The summed E-state index contributed by atoms with van der Waals surface area (Å²) in [6.45, 7) is 2.18. The minimum atomic E-state index is -0.00958. The van der Waals surface area contributed by atoms with Crippen molar-refractivity contribution in [1.29, 1.82) is 0 Å². The summed E-state index contributed by atoms with van der Waals surface area (Å²) in [5.41, 5.74) is 22.1. The third kappa shape index (κ3) is 3.58. The van der Waals surface area contributed by atoms with E-state index < -0.39 is 0 Å². The molecule has 3 aromatic rings. The first-order valence-corrected chi connectivity index (χ1v) is 10.8. The fourth-order valence-corrected chi connectivity index (χ4v) is 5.15. The Bertz CT molecular complexity index is 1020. The van der Waals surface area contributed by atoms with Crippen LogP contribution in [0.25, 0.3) is 10.8 Å². The average Bonchev–Trinajstić information content (AvgIpc) is 2.78. The molecule has 4 rings (SSSR count). The van der Waals surface area contributed by atoms with E-state index in [0.717, 1.165) is 60.0 Å². The maximum atomic E-state index is 6.70. The molecule has 1 aliphatic carbocycles. The number of hydrogen-bond acceptors (Lipinski definition) is 5. The van der Waals surface area contributed by atoms with Gasteiger partial charge < -0.3 is 21.9 Å². The summed E-state index contributed by atoms with van der Waals surface area (Å²) in [7, 11) is 1.70. The lowest BCUT2D eigenvalue weighted by atomic mass is 9.62. The van der Waals surface area contributed by atoms with E-state index >= 15 is 0 Å². The number of fused-ring (bicyclic) bond motifs is 1. The van der Waals surface area contributed by atoms with Crippen LogP contribution >= 0.6 is 0 Å². The Morgan fingerprint density at radius 3 is 2.40 bits per heavy atom. The first kappa shape index (κ1) is 20.5. The third-order valence-electron chi connectivity index (χ3n) is 7.02. The molecule has 1 atom stereocenters. The van der Waals surface area contributed by atoms with Gasteiger partial charge in [0.2, 0.25) is 0 Å². The standard InChI is InChI=1S/C25H32N4O/c1-3-23(27)25(18-4-7-20(30-2)8-5-18)12-10-16(11-13-25)22-15-17-14-19(26)6-9-21(17)24(28)29-22/h4-9,14-16,23H,3,10-13,26-27H2,1-2H3,(H2,28,29). The number of nitrogens with two attached hydrogens (primary N) is 3. The predicted molar refractivity (Wildman–Crippen MR) is 125 cm³/mol. The number of nitrogen functional groups attached to an aromatic ring is 2. The van der Waals surface area contributed by atoms with Crippen LogP contribution in [0.4, 0.5) is 11.5 Å². The second kappa shape index (κ2) is 8.15. The van der Waals surface area contributed by atoms with E-state index in [2.05, 4.69) is 25.1 Å². The molecule has 1 aromatic heterocycles. The monoisotopic (exact) mass is 404 g/mol. The van der Waals surface area contributed by atoms with E-state index in [1.807, 2.05) is 30.3 Å². The molecule has 1 unspecified atom stereocenters. The van der Waals surface area contributed by atoms with E-state index in [4.69, 9.17) is 26.9 Å². The molecule has 0 spiro atoms. The second-order valence-corrected chi connectivity index (χ2v) is 8.59. The van der Waals surface area contributed by atoms with Crippen molar-refractivity contribution >= 4 is 22.3 Å². The van der Waals surface area contributed by atoms with Gasteiger partial charge in [-0.1, -0.05) is 19.1 Å². The Kier molecular flexibility index (Phi) is 5.56. The van der Waals surface area contributed by atoms with Crippen LogP contribution in [-0.4, -0.2) is 18.1 Å². The molecule has 0 aliphatic heterocycles. The molecule has 5 nitrogen and oxygen atoms in total. The van der Waals surface area contributed by atoms with Gasteiger partial charge in [-0.15, -0.1) is 0 Å². The van der Waals surface area contributed by atoms with E-state index in [1.54, 1.807) is 7.11 Å². The van der Waals surface area contributed by atoms with Crippen molar-refractivity contribution in [3.63, 3.8) is 0 Å². The topological polar surface area (TPSA) is 100 Å². The maximum Gasteiger partial charge on any atom is 0.131 e. The fourth-order valence-electron chi connectivity index (χ4n) is 5.15. The molecule has 0 bridgehead atoms. The molecule has 158 valence electrons. The predicted octanol–water partition coefficient (Wildman–Crippen LogP) is 4.74. The van der Waals surface area contributed by atoms with Gasteiger partial charge >= 0.3 is 0 Å². The number of methoxy groups -OCH3 is 1. The Labute approximate surface area is 178 Å². The molecule has 1 fully saturated rings. The molecule has 0 amide bonds. The minimum absolute atomic E-state index is 0.00958. The zero-order valence-electron chi connectivity index (χ0n) is 17.9. The third-order valence-corrected chi connectivity index (χ3v) is 7.02. The normalized spacial score (nSPS) is 22.7. The summed E-state index contributed by atoms with van der Waals surface area (Å²) in [5, 5.41) is 2.03. The molecule has 30 heavy (non-hydrogen) atoms. The van der Waals surface area contributed by atoms with Gasteiger partial charge in [-0.05, 0) is 79.5 Å². The highest BCUT2D eigenvalue weighted by Crippen LogP contribution is 2.47. The van der Waals surface area contributed by atoms with Crippen LogP contribution in [0.15, 0.2) is 48.5 Å². The van der Waals surface area contributed by atoms with Gasteiger partial charge in [0, 0.05) is 34.1 Å². The molecular formula is C25H32N4O. The number of benzene rings is 2. The van der Waals surface area contributed by atoms with Crippen molar-refractivity contribution in [2.45, 2.75) is 56.4 Å². The van der Waals surface area contributed by atoms with Gasteiger partial charge in [-0.2, -0.15) is 0 Å². The van der Waals surface area contributed by atoms with Crippen LogP contribution in [0.1, 0.15) is 56.2 Å². The zero-order chi connectivity index (χ0) is 21.3. The first-order valence-electron chi connectivity index (χ1n) is 10.8. The van der Waals surface area contributed by atoms with E-state index in [1.165, 1.54) is 5.56 Å². The van der Waals surface area contributed by atoms with Crippen molar-refractivity contribution in [3.05, 3.63) is 59.8 Å². The SMILES string of the molecule is CCC(N)C1(c2ccc(OC)cc2)CCC(c2cc3cc(N)ccc3c(N)n2)CC1. The lowest BCUT2D eigenvalue weighted by molar-refractivity contribution is 0.219. The molecule has 0 saturated heterocycles. The van der Waals surface area contributed by atoms with E-state index in [-0.39, 0.29) is 11.5 Å². The molecular weight excluding hydrogens is 372 g/mol. The number of rotatable bonds is 5. The van der Waals surface area contributed by atoms with Crippen LogP contribution in [0, 0.1) is 0 Å². The number of anilines is 2. The van der Waals surface area contributed by atoms with Crippen LogP contribution < -0.4 is 21.9 Å². The second-order valence-electron chi connectivity index (χ2n) is 8.59. The Morgan fingerprint density at radius 2 is 1.77 bits per heavy atom. The maximum absolute atomic E-state index is 6.70. The number of hydrogen-bond donors (Lipinski definition) is 3. The van der Waals surface area contributed by atoms with E-state index in [9.17, 15) is 0 Å². The first-order chi connectivity index (χ1) is 14.5. The van der Waals surface area contributed by atoms with Gasteiger partial charge in [0.15, 0.2) is 0 Å². The van der Waals surface area contributed by atoms with Crippen LogP contribution in [0.3, 0.4) is 0 Å². The molecule has 2 aromatic carbocycles. The number of pyridine rings is 1. The van der Waals surface area contributed by atoms with E-state index in [0.29, 0.717) is 11.7 Å². The summed E-state index contributed by atoms with van der Waals surface area (Å²) in [4.78, 5) is 4.75. The zero-order valence-corrected chi connectivity index (χ0v) is 17.9. The summed E-state index contributed by atoms with van der Waals surface area (Å²) < 4.78 is 5.35. The van der Waals surface area contributed by atoms with Crippen molar-refractivity contribution in [2.75, 3.05) is 18.6 Å². The largest absolute Gasteiger partial charge is 0.497 e. The van der Waals surface area contributed by atoms with Gasteiger partial charge in [-0.3, -0.25) is 0 Å². The van der Waals surface area contributed by atoms with Gasteiger partial charge in [0.1, 0.15) is 11.6 Å². The summed E-state index contributed by atoms with van der Waals surface area (Å²) in [5.74, 6) is 1.84. The number of nitrogens with zero attached hydrogens (tertiary/aromatic N) is 1. The lowest BCUT2D eigenvalue weighted by Gasteiger charge is -2.44. The van der Waals surface area contributed by atoms with Crippen molar-refractivity contribution < 1.29 is 4.74 Å². The summed E-state index contributed by atoms with van der Waals surface area (Å²) in [6.07, 6.45) is 5.11. The molecule has 6 N–H and O–H groups in total. The minimum Gasteiger partial charge on any atom is -0.497 e. The van der Waals surface area contributed by atoms with Crippen molar-refractivity contribution in [2.24, 2.45) is 5.73 Å². The molecule has 1 heterocycles. The highest BCUT2D eigenvalue weighted by molar-refractivity contribution is 5.93. The lowest BCUT2D eigenvalue weighted by Crippen LogP contribution is -2.47. The molecule has 1 saturated carbocycles. The number of aromatic nitrogens is 1. The van der Waals surface area contributed by atoms with Crippen molar-refractivity contribution in [3.8, 4) is 5.75 Å². The van der Waals surface area contributed by atoms with Gasteiger partial charge in [0.05, 0.1) is 7.11 Å². The Hall–Kier alpha value is -2.79. The van der Waals surface area contributed by atoms with Gasteiger partial charge in [0.25, 0.3) is 0 Å². The molecule has 0 radical (unpaired) electrons. The molecule has 1 aliphatic rings. The van der Waals surface area contributed by atoms with Crippen LogP contribution in [0.2, 0.25) is 0 Å². The number of ether oxygens (including phenoxy) is 1. The average molecular weight is 405 g/mol. The highest BCUT2D eigenvalue weighted by Gasteiger charge is 2.41. The van der Waals surface area contributed by atoms with Crippen LogP contribution in [-0.2, 0) is 5.41 Å².